The fourth-order valence-corrected chi connectivity index (χ4v) is 9.07. The minimum Gasteiger partial charge on any atom is -0.388 e. The second-order valence-electron chi connectivity index (χ2n) is 16.5. The molecule has 3 amide bonds. The first-order valence-corrected chi connectivity index (χ1v) is 21.1. The molecule has 5 heterocycles. The first-order chi connectivity index (χ1) is 28.9. The standard InChI is InChI=1S/C44H53N11O4/c56-38-34(50-42(58)30-14-9-15-30)24-35(39(38)57)55-27-47-37-40(46-25-33(28-10-3-1-4-11-28)29-12-5-2-6-13-29)51-43(52-41(37)55)54-23-19-32(26-54)49-44(59)48-31-17-21-53(22-18-31)36-16-7-8-20-45-36/h1-8,10-13,16,20,27,30-35,38-39,56-57H,9,14-15,17-19,21-26H2,(H,50,58)(H,46,51,52)(H2,48,49,59)/t32-,34-,35?,38+,39-/m0/s1. The number of nitrogens with one attached hydrogen (secondary N) is 4. The summed E-state index contributed by atoms with van der Waals surface area (Å²) in [6, 6.07) is 25.2. The maximum absolute atomic E-state index is 13.2. The van der Waals surface area contributed by atoms with Crippen molar-refractivity contribution in [1.29, 1.82) is 0 Å². The molecule has 5 aromatic rings. The molecule has 0 spiro atoms. The number of amides is 3. The molecule has 2 aromatic carbocycles. The van der Waals surface area contributed by atoms with E-state index in [0.29, 0.717) is 49.0 Å². The molecular formula is C44H53N11O4. The van der Waals surface area contributed by atoms with E-state index >= 15 is 0 Å². The van der Waals surface area contributed by atoms with E-state index in [1.807, 2.05) is 59.2 Å². The van der Waals surface area contributed by atoms with E-state index in [1.165, 1.54) is 0 Å². The first-order valence-electron chi connectivity index (χ1n) is 21.1. The van der Waals surface area contributed by atoms with Gasteiger partial charge in [-0.2, -0.15) is 9.97 Å². The van der Waals surface area contributed by atoms with Crippen molar-refractivity contribution < 1.29 is 19.8 Å². The number of benzene rings is 2. The van der Waals surface area contributed by atoms with Gasteiger partial charge < -0.3 is 45.8 Å². The number of aromatic nitrogens is 5. The number of pyridine rings is 1. The van der Waals surface area contributed by atoms with Crippen molar-refractivity contribution in [2.75, 3.05) is 47.8 Å². The Labute approximate surface area is 343 Å². The summed E-state index contributed by atoms with van der Waals surface area (Å²) in [5.41, 5.74) is 3.37. The Balaban J connectivity index is 0.935. The molecule has 2 aliphatic carbocycles. The van der Waals surface area contributed by atoms with Crippen molar-refractivity contribution in [2.24, 2.45) is 5.92 Å². The summed E-state index contributed by atoms with van der Waals surface area (Å²) in [7, 11) is 0. The topological polar surface area (TPSA) is 186 Å². The number of piperidine rings is 1. The molecule has 0 bridgehead atoms. The van der Waals surface area contributed by atoms with Crippen molar-refractivity contribution in [3.63, 3.8) is 0 Å². The minimum atomic E-state index is -1.14. The highest BCUT2D eigenvalue weighted by atomic mass is 16.3. The number of nitrogens with zero attached hydrogens (tertiary/aromatic N) is 7. The molecule has 2 saturated heterocycles. The summed E-state index contributed by atoms with van der Waals surface area (Å²) in [6.45, 7) is 3.33. The summed E-state index contributed by atoms with van der Waals surface area (Å²) in [5.74, 6) is 1.91. The maximum atomic E-state index is 13.2. The lowest BCUT2D eigenvalue weighted by Crippen LogP contribution is -2.50. The second-order valence-corrected chi connectivity index (χ2v) is 16.5. The van der Waals surface area contributed by atoms with E-state index in [-0.39, 0.29) is 35.9 Å². The van der Waals surface area contributed by atoms with E-state index in [2.05, 4.69) is 60.3 Å². The van der Waals surface area contributed by atoms with Crippen molar-refractivity contribution in [3.8, 4) is 0 Å². The van der Waals surface area contributed by atoms with Crippen LogP contribution in [0.2, 0.25) is 0 Å². The first kappa shape index (κ1) is 38.7. The number of carbonyl (C=O) groups is 2. The zero-order valence-electron chi connectivity index (χ0n) is 33.1. The van der Waals surface area contributed by atoms with E-state index in [4.69, 9.17) is 15.0 Å². The molecule has 9 rings (SSSR count). The van der Waals surface area contributed by atoms with Gasteiger partial charge in [-0.05, 0) is 61.8 Å². The Hall–Kier alpha value is -5.80. The number of aliphatic hydroxyl groups is 2. The number of urea groups is 1. The molecule has 5 atom stereocenters. The minimum absolute atomic E-state index is 0.0147. The van der Waals surface area contributed by atoms with Crippen LogP contribution in [0.3, 0.4) is 0 Å². The van der Waals surface area contributed by atoms with Crippen molar-refractivity contribution in [2.45, 2.75) is 87.2 Å². The average molecular weight is 800 g/mol. The largest absolute Gasteiger partial charge is 0.388 e. The summed E-state index contributed by atoms with van der Waals surface area (Å²) in [6.07, 6.45) is 6.63. The van der Waals surface area contributed by atoms with E-state index in [1.54, 1.807) is 12.5 Å². The average Bonchev–Trinajstić information content (AvgIpc) is 3.96. The van der Waals surface area contributed by atoms with Gasteiger partial charge in [0.2, 0.25) is 11.9 Å². The summed E-state index contributed by atoms with van der Waals surface area (Å²) >= 11 is 0. The number of aliphatic hydroxyl groups excluding tert-OH is 2. The molecule has 59 heavy (non-hydrogen) atoms. The van der Waals surface area contributed by atoms with Gasteiger partial charge in [0.15, 0.2) is 17.0 Å². The SMILES string of the molecule is O=C(NC1CCN(c2ccccn2)CC1)N[C@H]1CCN(c2nc(NCC(c3ccccc3)c3ccccc3)c3ncn(C4C[C@H](NC(=O)C5CCC5)[C@@H](O)[C@H]4O)c3n2)C1. The molecule has 2 aliphatic heterocycles. The Bertz CT molecular complexity index is 2160. The predicted octanol–water partition coefficient (Wildman–Crippen LogP) is 3.96. The number of fused-ring (bicyclic) bond motifs is 1. The highest BCUT2D eigenvalue weighted by Crippen LogP contribution is 2.36. The Morgan fingerprint density at radius 3 is 2.10 bits per heavy atom. The number of carbonyl (C=O) groups excluding carboxylic acids is 2. The van der Waals surface area contributed by atoms with E-state index in [9.17, 15) is 19.8 Å². The molecule has 0 radical (unpaired) electrons. The Morgan fingerprint density at radius 1 is 0.746 bits per heavy atom. The number of rotatable bonds is 12. The predicted molar refractivity (Wildman–Crippen MR) is 225 cm³/mol. The lowest BCUT2D eigenvalue weighted by atomic mass is 9.84. The third kappa shape index (κ3) is 8.39. The molecule has 6 N–H and O–H groups in total. The van der Waals surface area contributed by atoms with Crippen LogP contribution in [0.15, 0.2) is 91.4 Å². The lowest BCUT2D eigenvalue weighted by Gasteiger charge is -2.33. The maximum Gasteiger partial charge on any atom is 0.315 e. The van der Waals surface area contributed by atoms with E-state index in [0.717, 1.165) is 68.6 Å². The van der Waals surface area contributed by atoms with Crippen LogP contribution >= 0.6 is 0 Å². The number of hydrogen-bond acceptors (Lipinski definition) is 11. The van der Waals surface area contributed by atoms with Gasteiger partial charge >= 0.3 is 6.03 Å². The van der Waals surface area contributed by atoms with Crippen LogP contribution in [-0.2, 0) is 4.79 Å². The monoisotopic (exact) mass is 799 g/mol. The third-order valence-electron chi connectivity index (χ3n) is 12.7. The molecule has 2 saturated carbocycles. The zero-order valence-corrected chi connectivity index (χ0v) is 33.1. The molecule has 4 fully saturated rings. The van der Waals surface area contributed by atoms with Crippen molar-refractivity contribution >= 4 is 40.7 Å². The summed E-state index contributed by atoms with van der Waals surface area (Å²) in [5, 5.41) is 35.5. The van der Waals surface area contributed by atoms with Crippen LogP contribution < -0.4 is 31.1 Å². The summed E-state index contributed by atoms with van der Waals surface area (Å²) < 4.78 is 1.82. The van der Waals surface area contributed by atoms with Gasteiger partial charge in [-0.3, -0.25) is 4.79 Å². The van der Waals surface area contributed by atoms with Crippen molar-refractivity contribution in [1.82, 2.24) is 40.5 Å². The van der Waals surface area contributed by atoms with Crippen LogP contribution in [-0.4, -0.2) is 110 Å². The van der Waals surface area contributed by atoms with Crippen LogP contribution in [0.25, 0.3) is 11.2 Å². The van der Waals surface area contributed by atoms with Crippen LogP contribution in [0.1, 0.15) is 68.0 Å². The molecule has 3 aromatic heterocycles. The zero-order chi connectivity index (χ0) is 40.3. The van der Waals surface area contributed by atoms with Gasteiger partial charge in [0, 0.05) is 62.8 Å². The van der Waals surface area contributed by atoms with Gasteiger partial charge in [-0.15, -0.1) is 0 Å². The fraction of sp³-hybridized carbons (Fsp3) is 0.455. The molecule has 1 unspecified atom stereocenters. The Kier molecular flexibility index (Phi) is 11.3. The van der Waals surface area contributed by atoms with Crippen LogP contribution in [0.5, 0.6) is 0 Å². The van der Waals surface area contributed by atoms with Gasteiger partial charge in [-0.1, -0.05) is 73.2 Å². The van der Waals surface area contributed by atoms with Gasteiger partial charge in [-0.25, -0.2) is 14.8 Å². The molecule has 15 nitrogen and oxygen atoms in total. The van der Waals surface area contributed by atoms with Gasteiger partial charge in [0.1, 0.15) is 18.0 Å². The number of anilines is 3. The molecule has 4 aliphatic rings. The number of imidazole rings is 1. The highest BCUT2D eigenvalue weighted by Gasteiger charge is 2.45. The molecular weight excluding hydrogens is 747 g/mol. The van der Waals surface area contributed by atoms with Crippen LogP contribution in [0.4, 0.5) is 22.4 Å². The van der Waals surface area contributed by atoms with Crippen molar-refractivity contribution in [3.05, 3.63) is 103 Å². The van der Waals surface area contributed by atoms with Gasteiger partial charge in [0.05, 0.1) is 18.4 Å². The number of hydrogen-bond donors (Lipinski definition) is 6. The van der Waals surface area contributed by atoms with E-state index < -0.39 is 24.3 Å². The third-order valence-corrected chi connectivity index (χ3v) is 12.7. The molecule has 15 heteroatoms. The van der Waals surface area contributed by atoms with Gasteiger partial charge in [0.25, 0.3) is 0 Å². The fourth-order valence-electron chi connectivity index (χ4n) is 9.07. The highest BCUT2D eigenvalue weighted by molar-refractivity contribution is 5.85. The second kappa shape index (κ2) is 17.2. The quantitative estimate of drug-likeness (QED) is 0.107. The van der Waals surface area contributed by atoms with Crippen LogP contribution in [0, 0.1) is 5.92 Å². The summed E-state index contributed by atoms with van der Waals surface area (Å²) in [4.78, 5) is 49.8. The Morgan fingerprint density at radius 2 is 1.42 bits per heavy atom. The lowest BCUT2D eigenvalue weighted by molar-refractivity contribution is -0.129. The molecule has 308 valence electrons. The smallest absolute Gasteiger partial charge is 0.315 e. The normalized spacial score (nSPS) is 23.7.